The number of rotatable bonds is 4. The van der Waals surface area contributed by atoms with Gasteiger partial charge in [0.1, 0.15) is 12.3 Å². The molecule has 5 nitrogen and oxygen atoms in total. The lowest BCUT2D eigenvalue weighted by atomic mass is 9.94. The molecule has 0 saturated carbocycles. The van der Waals surface area contributed by atoms with E-state index in [1.165, 1.54) is 4.90 Å². The number of methoxy groups -OCH3 is 1. The molecule has 5 heteroatoms. The third-order valence-electron chi connectivity index (χ3n) is 2.85. The van der Waals surface area contributed by atoms with Crippen molar-refractivity contribution in [2.24, 2.45) is 0 Å². The summed E-state index contributed by atoms with van der Waals surface area (Å²) in [7, 11) is 1.57. The molecule has 0 spiro atoms. The van der Waals surface area contributed by atoms with Crippen molar-refractivity contribution in [2.45, 2.75) is 12.5 Å². The zero-order valence-corrected chi connectivity index (χ0v) is 9.42. The van der Waals surface area contributed by atoms with Gasteiger partial charge in [0.2, 0.25) is 5.91 Å². The summed E-state index contributed by atoms with van der Waals surface area (Å²) < 4.78 is 5.10. The molecule has 1 amide bonds. The van der Waals surface area contributed by atoms with Gasteiger partial charge in [-0.1, -0.05) is 12.1 Å². The molecular weight excluding hydrogens is 222 g/mol. The maximum Gasteiger partial charge on any atom is 0.323 e. The fraction of sp³-hybridized carbons (Fsp3) is 0.333. The summed E-state index contributed by atoms with van der Waals surface area (Å²) in [5.74, 6) is -0.414. The Morgan fingerprint density at radius 2 is 2.35 bits per heavy atom. The van der Waals surface area contributed by atoms with Crippen LogP contribution in [0.3, 0.4) is 0 Å². The highest BCUT2D eigenvalue weighted by Gasteiger charge is 2.38. The Morgan fingerprint density at radius 1 is 1.59 bits per heavy atom. The number of amides is 1. The van der Waals surface area contributed by atoms with Crippen molar-refractivity contribution in [1.82, 2.24) is 4.90 Å². The number of nitrogens with zero attached hydrogens (tertiary/aromatic N) is 1. The van der Waals surface area contributed by atoms with Gasteiger partial charge in [0, 0.05) is 0 Å². The quantitative estimate of drug-likeness (QED) is 0.792. The molecule has 0 bridgehead atoms. The van der Waals surface area contributed by atoms with Gasteiger partial charge in [-0.05, 0) is 17.7 Å². The number of β-lactam (4-membered cyclic amide) rings is 1. The molecule has 1 aromatic carbocycles. The zero-order chi connectivity index (χ0) is 12.4. The monoisotopic (exact) mass is 235 g/mol. The third kappa shape index (κ3) is 2.22. The van der Waals surface area contributed by atoms with Gasteiger partial charge in [-0.15, -0.1) is 0 Å². The maximum absolute atomic E-state index is 11.3. The van der Waals surface area contributed by atoms with Gasteiger partial charge < -0.3 is 14.7 Å². The van der Waals surface area contributed by atoms with Gasteiger partial charge in [-0.3, -0.25) is 9.59 Å². The van der Waals surface area contributed by atoms with E-state index in [9.17, 15) is 9.59 Å². The number of hydrogen-bond donors (Lipinski definition) is 1. The number of benzene rings is 1. The van der Waals surface area contributed by atoms with E-state index in [0.717, 1.165) is 5.56 Å². The highest BCUT2D eigenvalue weighted by atomic mass is 16.5. The molecule has 1 aromatic rings. The molecular formula is C12H13NO4. The molecule has 0 radical (unpaired) electrons. The number of aliphatic carboxylic acids is 1. The predicted molar refractivity (Wildman–Crippen MR) is 59.7 cm³/mol. The first-order chi connectivity index (χ1) is 8.11. The van der Waals surface area contributed by atoms with Crippen LogP contribution in [0.25, 0.3) is 0 Å². The molecule has 0 aromatic heterocycles. The normalized spacial score (nSPS) is 18.8. The fourth-order valence-corrected chi connectivity index (χ4v) is 1.94. The summed E-state index contributed by atoms with van der Waals surface area (Å²) in [6.45, 7) is -0.249. The van der Waals surface area contributed by atoms with E-state index in [-0.39, 0.29) is 18.5 Å². The second kappa shape index (κ2) is 4.45. The summed E-state index contributed by atoms with van der Waals surface area (Å²) in [5.41, 5.74) is 0.908. The fourth-order valence-electron chi connectivity index (χ4n) is 1.94. The topological polar surface area (TPSA) is 66.8 Å². The van der Waals surface area contributed by atoms with Gasteiger partial charge in [0.05, 0.1) is 19.6 Å². The molecule has 1 aliphatic heterocycles. The standard InChI is InChI=1S/C12H13NO4/c1-17-9-4-2-3-8(5-9)10-6-11(14)13(10)7-12(15)16/h2-5,10H,6-7H2,1H3,(H,15,16). The lowest BCUT2D eigenvalue weighted by molar-refractivity contribution is -0.155. The maximum atomic E-state index is 11.3. The Labute approximate surface area is 98.6 Å². The van der Waals surface area contributed by atoms with Crippen LogP contribution in [-0.2, 0) is 9.59 Å². The molecule has 17 heavy (non-hydrogen) atoms. The van der Waals surface area contributed by atoms with Gasteiger partial charge in [0.25, 0.3) is 0 Å². The number of carboxylic acids is 1. The van der Waals surface area contributed by atoms with Crippen molar-refractivity contribution < 1.29 is 19.4 Å². The van der Waals surface area contributed by atoms with Crippen molar-refractivity contribution in [3.05, 3.63) is 29.8 Å². The lowest BCUT2D eigenvalue weighted by Gasteiger charge is -2.39. The molecule has 90 valence electrons. The number of carboxylic acid groups (broad SMARTS) is 1. The molecule has 1 fully saturated rings. The average molecular weight is 235 g/mol. The number of hydrogen-bond acceptors (Lipinski definition) is 3. The van der Waals surface area contributed by atoms with E-state index >= 15 is 0 Å². The smallest absolute Gasteiger partial charge is 0.323 e. The Morgan fingerprint density at radius 3 is 2.94 bits per heavy atom. The molecule has 1 unspecified atom stereocenters. The molecule has 1 N–H and O–H groups in total. The van der Waals surface area contributed by atoms with Gasteiger partial charge in [0.15, 0.2) is 0 Å². The largest absolute Gasteiger partial charge is 0.497 e. The summed E-state index contributed by atoms with van der Waals surface area (Å²) in [4.78, 5) is 23.3. The van der Waals surface area contributed by atoms with Crippen LogP contribution in [0, 0.1) is 0 Å². The van der Waals surface area contributed by atoms with Crippen LogP contribution in [0.15, 0.2) is 24.3 Å². The minimum absolute atomic E-state index is 0.125. The van der Waals surface area contributed by atoms with E-state index in [4.69, 9.17) is 9.84 Å². The minimum Gasteiger partial charge on any atom is -0.497 e. The van der Waals surface area contributed by atoms with E-state index in [1.54, 1.807) is 7.11 Å². The lowest BCUT2D eigenvalue weighted by Crippen LogP contribution is -2.48. The minimum atomic E-state index is -0.994. The first-order valence-corrected chi connectivity index (χ1v) is 5.27. The van der Waals surface area contributed by atoms with Gasteiger partial charge >= 0.3 is 5.97 Å². The zero-order valence-electron chi connectivity index (χ0n) is 9.42. The first-order valence-electron chi connectivity index (χ1n) is 5.27. The van der Waals surface area contributed by atoms with E-state index < -0.39 is 5.97 Å². The van der Waals surface area contributed by atoms with Crippen LogP contribution >= 0.6 is 0 Å². The molecule has 1 atom stereocenters. The molecule has 2 rings (SSSR count). The average Bonchev–Trinajstić information content (AvgIpc) is 2.33. The molecule has 0 aliphatic carbocycles. The van der Waals surface area contributed by atoms with Gasteiger partial charge in [-0.2, -0.15) is 0 Å². The first kappa shape index (κ1) is 11.4. The number of likely N-dealkylation sites (tertiary alicyclic amines) is 1. The van der Waals surface area contributed by atoms with Crippen molar-refractivity contribution in [2.75, 3.05) is 13.7 Å². The summed E-state index contributed by atoms with van der Waals surface area (Å²) in [5, 5.41) is 8.71. The molecule has 1 aliphatic rings. The van der Waals surface area contributed by atoms with Crippen LogP contribution in [0.4, 0.5) is 0 Å². The van der Waals surface area contributed by atoms with Crippen LogP contribution < -0.4 is 4.74 Å². The van der Waals surface area contributed by atoms with Crippen LogP contribution in [0.1, 0.15) is 18.0 Å². The summed E-state index contributed by atoms with van der Waals surface area (Å²) >= 11 is 0. The van der Waals surface area contributed by atoms with E-state index in [1.807, 2.05) is 24.3 Å². The Hall–Kier alpha value is -2.04. The third-order valence-corrected chi connectivity index (χ3v) is 2.85. The Balaban J connectivity index is 2.16. The second-order valence-electron chi connectivity index (χ2n) is 3.91. The highest BCUT2D eigenvalue weighted by Crippen LogP contribution is 2.35. The van der Waals surface area contributed by atoms with E-state index in [0.29, 0.717) is 12.2 Å². The molecule has 1 saturated heterocycles. The number of carbonyl (C=O) groups is 2. The molecule has 1 heterocycles. The highest BCUT2D eigenvalue weighted by molar-refractivity contribution is 5.87. The second-order valence-corrected chi connectivity index (χ2v) is 3.91. The van der Waals surface area contributed by atoms with Crippen molar-refractivity contribution >= 4 is 11.9 Å². The number of carbonyl (C=O) groups excluding carboxylic acids is 1. The Bertz CT molecular complexity index is 458. The van der Waals surface area contributed by atoms with Crippen LogP contribution in [0.2, 0.25) is 0 Å². The SMILES string of the molecule is COc1cccc(C2CC(=O)N2CC(=O)O)c1. The van der Waals surface area contributed by atoms with Crippen molar-refractivity contribution in [1.29, 1.82) is 0 Å². The van der Waals surface area contributed by atoms with E-state index in [2.05, 4.69) is 0 Å². The Kier molecular flexibility index (Phi) is 2.99. The van der Waals surface area contributed by atoms with Crippen molar-refractivity contribution in [3.8, 4) is 5.75 Å². The summed E-state index contributed by atoms with van der Waals surface area (Å²) in [6.07, 6.45) is 0.362. The van der Waals surface area contributed by atoms with Crippen LogP contribution in [0.5, 0.6) is 5.75 Å². The summed E-state index contributed by atoms with van der Waals surface area (Å²) in [6, 6.07) is 7.19. The predicted octanol–water partition coefficient (Wildman–Crippen LogP) is 1.05. The number of ether oxygens (including phenoxy) is 1. The van der Waals surface area contributed by atoms with Crippen LogP contribution in [-0.4, -0.2) is 35.5 Å². The van der Waals surface area contributed by atoms with Crippen molar-refractivity contribution in [3.63, 3.8) is 0 Å². The van der Waals surface area contributed by atoms with Gasteiger partial charge in [-0.25, -0.2) is 0 Å².